The Morgan fingerprint density at radius 1 is 0.562 bits per heavy atom. The van der Waals surface area contributed by atoms with Crippen molar-refractivity contribution in [3.05, 3.63) is 125 Å². The van der Waals surface area contributed by atoms with E-state index in [0.717, 1.165) is 16.7 Å². The molecular weight excluding hydrogens is 392 g/mol. The van der Waals surface area contributed by atoms with Gasteiger partial charge >= 0.3 is 0 Å². The second kappa shape index (κ2) is 8.55. The van der Waals surface area contributed by atoms with Crippen molar-refractivity contribution in [2.24, 2.45) is 0 Å². The van der Waals surface area contributed by atoms with E-state index in [9.17, 15) is 5.11 Å². The van der Waals surface area contributed by atoms with Crippen LogP contribution in [0, 0.1) is 0 Å². The highest BCUT2D eigenvalue weighted by molar-refractivity contribution is 5.61. The molecule has 162 valence electrons. The fourth-order valence-electron chi connectivity index (χ4n) is 4.43. The van der Waals surface area contributed by atoms with Crippen molar-refractivity contribution in [2.45, 2.75) is 38.5 Å². The Balaban J connectivity index is 2.00. The van der Waals surface area contributed by atoms with E-state index in [0.29, 0.717) is 11.5 Å². The number of aromatic hydroxyl groups is 1. The summed E-state index contributed by atoms with van der Waals surface area (Å²) in [7, 11) is 0. The molecule has 2 heteroatoms. The van der Waals surface area contributed by atoms with E-state index >= 15 is 0 Å². The van der Waals surface area contributed by atoms with Crippen LogP contribution in [-0.4, -0.2) is 5.11 Å². The zero-order chi connectivity index (χ0) is 22.8. The minimum absolute atomic E-state index is 0.139. The van der Waals surface area contributed by atoms with E-state index in [1.54, 1.807) is 6.07 Å². The standard InChI is InChI=1S/C30H30O2/c1-29(2,22-14-8-5-9-15-22)25-20-21-26(31)28(32-24-18-12-7-13-19-24)27(25)30(3,4)23-16-10-6-11-17-23/h5-21,31H,1-4H3. The lowest BCUT2D eigenvalue weighted by molar-refractivity contribution is 0.396. The largest absolute Gasteiger partial charge is 0.504 e. The molecule has 0 fully saturated rings. The highest BCUT2D eigenvalue weighted by Crippen LogP contribution is 2.49. The van der Waals surface area contributed by atoms with Crippen LogP contribution in [0.15, 0.2) is 103 Å². The van der Waals surface area contributed by atoms with Crippen LogP contribution in [0.2, 0.25) is 0 Å². The average molecular weight is 423 g/mol. The van der Waals surface area contributed by atoms with E-state index in [1.807, 2.05) is 48.5 Å². The van der Waals surface area contributed by atoms with Crippen LogP contribution in [0.1, 0.15) is 49.9 Å². The molecule has 0 aliphatic carbocycles. The predicted molar refractivity (Wildman–Crippen MR) is 132 cm³/mol. The Kier molecular flexibility index (Phi) is 5.80. The molecule has 4 aromatic rings. The van der Waals surface area contributed by atoms with Gasteiger partial charge in [-0.25, -0.2) is 0 Å². The van der Waals surface area contributed by atoms with Gasteiger partial charge in [0.15, 0.2) is 11.5 Å². The summed E-state index contributed by atoms with van der Waals surface area (Å²) < 4.78 is 6.37. The van der Waals surface area contributed by atoms with Crippen LogP contribution in [0.3, 0.4) is 0 Å². The summed E-state index contributed by atoms with van der Waals surface area (Å²) in [5.74, 6) is 1.34. The number of ether oxygens (including phenoxy) is 1. The van der Waals surface area contributed by atoms with Gasteiger partial charge in [0.2, 0.25) is 0 Å². The smallest absolute Gasteiger partial charge is 0.173 e. The van der Waals surface area contributed by atoms with E-state index in [4.69, 9.17) is 4.74 Å². The number of para-hydroxylation sites is 1. The summed E-state index contributed by atoms with van der Waals surface area (Å²) in [6.07, 6.45) is 0. The third-order valence-electron chi connectivity index (χ3n) is 6.39. The van der Waals surface area contributed by atoms with Crippen LogP contribution >= 0.6 is 0 Å². The van der Waals surface area contributed by atoms with Gasteiger partial charge < -0.3 is 9.84 Å². The Morgan fingerprint density at radius 3 is 1.56 bits per heavy atom. The minimum Gasteiger partial charge on any atom is -0.504 e. The summed E-state index contributed by atoms with van der Waals surface area (Å²) in [4.78, 5) is 0. The quantitative estimate of drug-likeness (QED) is 0.343. The fraction of sp³-hybridized carbons (Fsp3) is 0.200. The zero-order valence-corrected chi connectivity index (χ0v) is 19.2. The Labute approximate surface area is 191 Å². The molecule has 0 heterocycles. The van der Waals surface area contributed by atoms with Crippen molar-refractivity contribution >= 4 is 0 Å². The summed E-state index contributed by atoms with van der Waals surface area (Å²) in [6, 6.07) is 34.3. The monoisotopic (exact) mass is 422 g/mol. The highest BCUT2D eigenvalue weighted by atomic mass is 16.5. The number of benzene rings is 4. The number of rotatable bonds is 6. The molecule has 0 aromatic heterocycles. The van der Waals surface area contributed by atoms with Crippen LogP contribution in [-0.2, 0) is 10.8 Å². The predicted octanol–water partition coefficient (Wildman–Crippen LogP) is 7.84. The lowest BCUT2D eigenvalue weighted by atomic mass is 9.68. The lowest BCUT2D eigenvalue weighted by Gasteiger charge is -2.37. The molecule has 0 bridgehead atoms. The normalized spacial score (nSPS) is 11.9. The van der Waals surface area contributed by atoms with Crippen LogP contribution in [0.5, 0.6) is 17.2 Å². The molecule has 0 radical (unpaired) electrons. The third kappa shape index (κ3) is 4.01. The molecule has 32 heavy (non-hydrogen) atoms. The number of hydrogen-bond acceptors (Lipinski definition) is 2. The molecule has 0 aliphatic rings. The number of phenols is 1. The Bertz CT molecular complexity index is 1180. The van der Waals surface area contributed by atoms with Gasteiger partial charge in [-0.05, 0) is 34.9 Å². The molecular formula is C30H30O2. The summed E-state index contributed by atoms with van der Waals surface area (Å²) in [6.45, 7) is 8.84. The second-order valence-electron chi connectivity index (χ2n) is 9.23. The first-order chi connectivity index (χ1) is 15.3. The first-order valence-corrected chi connectivity index (χ1v) is 11.0. The van der Waals surface area contributed by atoms with Gasteiger partial charge in [-0.1, -0.05) is 113 Å². The molecule has 1 N–H and O–H groups in total. The summed E-state index contributed by atoms with van der Waals surface area (Å²) in [5.41, 5.74) is 3.77. The van der Waals surface area contributed by atoms with E-state index in [-0.39, 0.29) is 11.2 Å². The van der Waals surface area contributed by atoms with Crippen molar-refractivity contribution in [3.8, 4) is 17.2 Å². The van der Waals surface area contributed by atoms with Gasteiger partial charge in [0.05, 0.1) is 0 Å². The lowest BCUT2D eigenvalue weighted by Crippen LogP contribution is -2.28. The van der Waals surface area contributed by atoms with Gasteiger partial charge in [0.1, 0.15) is 5.75 Å². The molecule has 2 nitrogen and oxygen atoms in total. The molecule has 0 saturated heterocycles. The van der Waals surface area contributed by atoms with Crippen molar-refractivity contribution in [1.29, 1.82) is 0 Å². The van der Waals surface area contributed by atoms with Gasteiger partial charge in [0, 0.05) is 16.4 Å². The summed E-state index contributed by atoms with van der Waals surface area (Å²) >= 11 is 0. The topological polar surface area (TPSA) is 29.5 Å². The minimum atomic E-state index is -0.411. The van der Waals surface area contributed by atoms with Crippen LogP contribution < -0.4 is 4.74 Å². The van der Waals surface area contributed by atoms with Gasteiger partial charge in [-0.3, -0.25) is 0 Å². The third-order valence-corrected chi connectivity index (χ3v) is 6.39. The maximum atomic E-state index is 11.0. The van der Waals surface area contributed by atoms with Crippen LogP contribution in [0.25, 0.3) is 0 Å². The van der Waals surface area contributed by atoms with Crippen molar-refractivity contribution in [3.63, 3.8) is 0 Å². The van der Waals surface area contributed by atoms with E-state index in [1.165, 1.54) is 5.56 Å². The Hall–Kier alpha value is -3.52. The zero-order valence-electron chi connectivity index (χ0n) is 19.2. The molecule has 0 aliphatic heterocycles. The molecule has 4 rings (SSSR count). The van der Waals surface area contributed by atoms with E-state index < -0.39 is 5.41 Å². The van der Waals surface area contributed by atoms with Gasteiger partial charge in [0.25, 0.3) is 0 Å². The fourth-order valence-corrected chi connectivity index (χ4v) is 4.43. The van der Waals surface area contributed by atoms with Crippen molar-refractivity contribution < 1.29 is 9.84 Å². The van der Waals surface area contributed by atoms with Gasteiger partial charge in [-0.15, -0.1) is 0 Å². The average Bonchev–Trinajstić information content (AvgIpc) is 2.82. The first kappa shape index (κ1) is 21.7. The number of hydrogen-bond donors (Lipinski definition) is 1. The Morgan fingerprint density at radius 2 is 1.03 bits per heavy atom. The molecule has 0 atom stereocenters. The number of phenolic OH excluding ortho intramolecular Hbond substituents is 1. The van der Waals surface area contributed by atoms with Crippen molar-refractivity contribution in [1.82, 2.24) is 0 Å². The molecule has 0 saturated carbocycles. The first-order valence-electron chi connectivity index (χ1n) is 11.0. The second-order valence-corrected chi connectivity index (χ2v) is 9.23. The maximum absolute atomic E-state index is 11.0. The SMILES string of the molecule is CC(C)(c1ccccc1)c1ccc(O)c(Oc2ccccc2)c1C(C)(C)c1ccccc1. The molecule has 0 amide bonds. The van der Waals surface area contributed by atoms with Gasteiger partial charge in [-0.2, -0.15) is 0 Å². The summed E-state index contributed by atoms with van der Waals surface area (Å²) in [5, 5.41) is 11.0. The highest BCUT2D eigenvalue weighted by Gasteiger charge is 2.37. The molecule has 4 aromatic carbocycles. The van der Waals surface area contributed by atoms with Crippen molar-refractivity contribution in [2.75, 3.05) is 0 Å². The van der Waals surface area contributed by atoms with Crippen LogP contribution in [0.4, 0.5) is 0 Å². The molecule has 0 spiro atoms. The maximum Gasteiger partial charge on any atom is 0.173 e. The molecule has 0 unspecified atom stereocenters. The van der Waals surface area contributed by atoms with E-state index in [2.05, 4.69) is 76.2 Å².